The third-order valence-electron chi connectivity index (χ3n) is 0.579. The van der Waals surface area contributed by atoms with Crippen molar-refractivity contribution in [3.8, 4) is 0 Å². The van der Waals surface area contributed by atoms with Gasteiger partial charge in [0.2, 0.25) is 6.10 Å². The molecule has 0 aliphatic heterocycles. The molecule has 0 rings (SSSR count). The topological polar surface area (TPSA) is 121 Å². The van der Waals surface area contributed by atoms with Crippen LogP contribution in [0, 0.1) is 0 Å². The lowest BCUT2D eigenvalue weighted by atomic mass is 10.4. The van der Waals surface area contributed by atoms with Crippen LogP contribution in [0.2, 0.25) is 0 Å². The summed E-state index contributed by atoms with van der Waals surface area (Å²) in [7, 11) is -4.96. The molecule has 0 aliphatic rings. The molecule has 1 atom stereocenters. The molecule has 0 aliphatic carbocycles. The number of hydrogen-bond donors (Lipinski definition) is 3. The van der Waals surface area contributed by atoms with Crippen LogP contribution < -0.4 is 0 Å². The monoisotopic (exact) mass is 184 g/mol. The van der Waals surface area contributed by atoms with Gasteiger partial charge in [0, 0.05) is 0 Å². The molecule has 7 nitrogen and oxygen atoms in total. The lowest BCUT2D eigenvalue weighted by Gasteiger charge is -2.04. The Morgan fingerprint density at radius 2 is 2.00 bits per heavy atom. The highest BCUT2D eigenvalue weighted by molar-refractivity contribution is 7.46. The largest absolute Gasteiger partial charge is 0.527 e. The fourth-order valence-corrected chi connectivity index (χ4v) is 0.569. The maximum atomic E-state index is 10.2. The minimum absolute atomic E-state index is 0.210. The normalized spacial score (nSPS) is 13.7. The van der Waals surface area contributed by atoms with Crippen LogP contribution >= 0.6 is 7.82 Å². The number of rotatable bonds is 3. The Morgan fingerprint density at radius 3 is 2.27 bits per heavy atom. The van der Waals surface area contributed by atoms with Gasteiger partial charge in [0.15, 0.2) is 6.29 Å². The van der Waals surface area contributed by atoms with Crippen molar-refractivity contribution in [2.24, 2.45) is 0 Å². The van der Waals surface area contributed by atoms with Gasteiger partial charge in [0.1, 0.15) is 0 Å². The van der Waals surface area contributed by atoms with Crippen LogP contribution in [0.1, 0.15) is 0 Å². The summed E-state index contributed by atoms with van der Waals surface area (Å²) in [6.07, 6.45) is -2.36. The van der Waals surface area contributed by atoms with E-state index >= 15 is 0 Å². The Morgan fingerprint density at radius 1 is 1.55 bits per heavy atom. The van der Waals surface area contributed by atoms with Gasteiger partial charge in [-0.2, -0.15) is 0 Å². The second-order valence-corrected chi connectivity index (χ2v) is 2.65. The van der Waals surface area contributed by atoms with E-state index in [-0.39, 0.29) is 6.29 Å². The Balaban J connectivity index is 4.09. The van der Waals surface area contributed by atoms with Crippen LogP contribution in [0.5, 0.6) is 0 Å². The first-order chi connectivity index (χ1) is 4.87. The molecule has 0 saturated carbocycles. The first-order valence-electron chi connectivity index (χ1n) is 2.29. The fraction of sp³-hybridized carbons (Fsp3) is 0.333. The predicted molar refractivity (Wildman–Crippen MR) is 30.2 cm³/mol. The van der Waals surface area contributed by atoms with Crippen LogP contribution in [0.4, 0.5) is 0 Å². The third-order valence-corrected chi connectivity index (χ3v) is 0.997. The highest BCUT2D eigenvalue weighted by atomic mass is 31.2. The zero-order chi connectivity index (χ0) is 9.07. The van der Waals surface area contributed by atoms with Crippen LogP contribution in [-0.4, -0.2) is 33.3 Å². The van der Waals surface area contributed by atoms with E-state index in [0.29, 0.717) is 0 Å². The van der Waals surface area contributed by atoms with E-state index in [0.717, 1.165) is 0 Å². The van der Waals surface area contributed by atoms with Gasteiger partial charge in [-0.3, -0.25) is 14.6 Å². The lowest BCUT2D eigenvalue weighted by Crippen LogP contribution is -2.23. The molecule has 11 heavy (non-hydrogen) atoms. The number of carbonyl (C=O) groups is 2. The van der Waals surface area contributed by atoms with Gasteiger partial charge < -0.3 is 9.63 Å². The smallest absolute Gasteiger partial charge is 0.375 e. The zero-order valence-electron chi connectivity index (χ0n) is 5.08. The molecule has 1 unspecified atom stereocenters. The number of carbonyl (C=O) groups excluding carboxylic acids is 2. The zero-order valence-corrected chi connectivity index (χ0v) is 5.97. The number of phosphoric ester groups is 1. The van der Waals surface area contributed by atoms with Gasteiger partial charge in [0.05, 0.1) is 0 Å². The van der Waals surface area contributed by atoms with Crippen molar-refractivity contribution < 1.29 is 33.6 Å². The third kappa shape index (κ3) is 4.63. The standard InChI is InChI=1S/C3H5O7P/c4-1-2(5)3(6)10-11(7,8)9/h1-2,5H,(H2,7,8,9). The molecule has 0 saturated heterocycles. The van der Waals surface area contributed by atoms with E-state index in [1.54, 1.807) is 0 Å². The molecule has 0 radical (unpaired) electrons. The second-order valence-electron chi connectivity index (χ2n) is 1.48. The number of aliphatic hydroxyl groups excluding tert-OH is 1. The SMILES string of the molecule is O=CC(O)C(=O)OP(=O)(O)O. The summed E-state index contributed by atoms with van der Waals surface area (Å²) in [5.74, 6) is -1.67. The average molecular weight is 184 g/mol. The van der Waals surface area contributed by atoms with Crippen molar-refractivity contribution in [2.45, 2.75) is 6.10 Å². The Hall–Kier alpha value is -0.750. The summed E-state index contributed by atoms with van der Waals surface area (Å²) in [5.41, 5.74) is 0. The number of aliphatic hydroxyl groups is 1. The summed E-state index contributed by atoms with van der Waals surface area (Å²) in [4.78, 5) is 35.8. The van der Waals surface area contributed by atoms with Gasteiger partial charge in [-0.05, 0) is 0 Å². The summed E-state index contributed by atoms with van der Waals surface area (Å²) in [6.45, 7) is 0. The van der Waals surface area contributed by atoms with E-state index in [1.165, 1.54) is 0 Å². The Kier molecular flexibility index (Phi) is 3.34. The van der Waals surface area contributed by atoms with E-state index in [4.69, 9.17) is 14.9 Å². The van der Waals surface area contributed by atoms with Crippen molar-refractivity contribution in [1.29, 1.82) is 0 Å². The summed E-state index contributed by atoms with van der Waals surface area (Å²) in [5, 5.41) is 8.30. The number of hydrogen-bond acceptors (Lipinski definition) is 5. The van der Waals surface area contributed by atoms with Gasteiger partial charge in [-0.15, -0.1) is 0 Å². The number of aldehydes is 1. The summed E-state index contributed by atoms with van der Waals surface area (Å²) < 4.78 is 13.2. The van der Waals surface area contributed by atoms with Crippen molar-refractivity contribution in [2.75, 3.05) is 0 Å². The van der Waals surface area contributed by atoms with Crippen molar-refractivity contribution in [3.63, 3.8) is 0 Å². The second kappa shape index (κ2) is 3.59. The van der Waals surface area contributed by atoms with Crippen LogP contribution in [0.15, 0.2) is 0 Å². The molecule has 0 bridgehead atoms. The first-order valence-corrected chi connectivity index (χ1v) is 3.82. The van der Waals surface area contributed by atoms with Crippen LogP contribution in [0.3, 0.4) is 0 Å². The van der Waals surface area contributed by atoms with Crippen LogP contribution in [-0.2, 0) is 18.7 Å². The van der Waals surface area contributed by atoms with Gasteiger partial charge >= 0.3 is 13.8 Å². The molecule has 8 heteroatoms. The lowest BCUT2D eigenvalue weighted by molar-refractivity contribution is -0.147. The molecular weight excluding hydrogens is 179 g/mol. The molecule has 64 valence electrons. The maximum Gasteiger partial charge on any atom is 0.527 e. The first kappa shape index (κ1) is 10.2. The molecule has 0 aromatic carbocycles. The Labute approximate surface area is 60.8 Å². The molecule has 0 fully saturated rings. The average Bonchev–Trinajstić information content (AvgIpc) is 1.82. The molecular formula is C3H5O7P. The van der Waals surface area contributed by atoms with Gasteiger partial charge in [0.25, 0.3) is 0 Å². The van der Waals surface area contributed by atoms with E-state index in [1.807, 2.05) is 0 Å². The molecule has 3 N–H and O–H groups in total. The summed E-state index contributed by atoms with van der Waals surface area (Å²) >= 11 is 0. The molecule has 0 aromatic rings. The molecule has 0 heterocycles. The van der Waals surface area contributed by atoms with Crippen molar-refractivity contribution >= 4 is 20.1 Å². The highest BCUT2D eigenvalue weighted by Crippen LogP contribution is 2.35. The maximum absolute atomic E-state index is 10.2. The minimum atomic E-state index is -4.96. The van der Waals surface area contributed by atoms with Gasteiger partial charge in [-0.25, -0.2) is 9.36 Å². The molecule has 0 spiro atoms. The number of phosphoric acid groups is 1. The quantitative estimate of drug-likeness (QED) is 0.268. The Bertz CT molecular complexity index is 204. The highest BCUT2D eigenvalue weighted by Gasteiger charge is 2.25. The summed E-state index contributed by atoms with van der Waals surface area (Å²) in [6, 6.07) is 0. The van der Waals surface area contributed by atoms with E-state index in [9.17, 15) is 14.2 Å². The molecule has 0 aromatic heterocycles. The van der Waals surface area contributed by atoms with Crippen molar-refractivity contribution in [1.82, 2.24) is 0 Å². The molecule has 0 amide bonds. The van der Waals surface area contributed by atoms with E-state index in [2.05, 4.69) is 4.52 Å². The fourth-order valence-electron chi connectivity index (χ4n) is 0.227. The van der Waals surface area contributed by atoms with Crippen LogP contribution in [0.25, 0.3) is 0 Å². The predicted octanol–water partition coefficient (Wildman–Crippen LogP) is -1.82. The van der Waals surface area contributed by atoms with E-state index < -0.39 is 19.9 Å². The minimum Gasteiger partial charge on any atom is -0.375 e. The van der Waals surface area contributed by atoms with Crippen molar-refractivity contribution in [3.05, 3.63) is 0 Å². The van der Waals surface area contributed by atoms with Gasteiger partial charge in [-0.1, -0.05) is 0 Å².